The van der Waals surface area contributed by atoms with Gasteiger partial charge in [0.05, 0.1) is 5.69 Å². The van der Waals surface area contributed by atoms with Gasteiger partial charge in [-0.25, -0.2) is 4.39 Å². The second-order valence-electron chi connectivity index (χ2n) is 5.61. The highest BCUT2D eigenvalue weighted by Gasteiger charge is 2.20. The van der Waals surface area contributed by atoms with Crippen molar-refractivity contribution in [2.75, 3.05) is 11.4 Å². The number of rotatable bonds is 5. The van der Waals surface area contributed by atoms with Crippen molar-refractivity contribution in [3.05, 3.63) is 29.6 Å². The number of anilines is 1. The third-order valence-electron chi connectivity index (χ3n) is 2.98. The van der Waals surface area contributed by atoms with Crippen LogP contribution in [0.1, 0.15) is 46.2 Å². The maximum absolute atomic E-state index is 14.2. The second kappa shape index (κ2) is 6.19. The topological polar surface area (TPSA) is 29.3 Å². The summed E-state index contributed by atoms with van der Waals surface area (Å²) in [6.07, 6.45) is 0. The summed E-state index contributed by atoms with van der Waals surface area (Å²) in [5.74, 6) is 0.298. The summed E-state index contributed by atoms with van der Waals surface area (Å²) < 4.78 is 14.2. The van der Waals surface area contributed by atoms with E-state index in [1.54, 1.807) is 6.07 Å². The number of nitrogens with two attached hydrogens (primary N) is 1. The first-order valence-electron chi connectivity index (χ1n) is 6.65. The van der Waals surface area contributed by atoms with Crippen molar-refractivity contribution in [3.63, 3.8) is 0 Å². The standard InChI is InChI=1S/C15H25FN2/c1-10(2)9-18(11(3)4)15-13(12(5)17)7-6-8-14(15)16/h6-8,10-12H,9,17H2,1-5H3/t12-/m1/s1. The molecule has 1 aromatic carbocycles. The summed E-state index contributed by atoms with van der Waals surface area (Å²) in [7, 11) is 0. The first-order valence-corrected chi connectivity index (χ1v) is 6.65. The Morgan fingerprint density at radius 2 is 1.78 bits per heavy atom. The molecule has 0 aliphatic rings. The van der Waals surface area contributed by atoms with Crippen LogP contribution in [0, 0.1) is 11.7 Å². The summed E-state index contributed by atoms with van der Waals surface area (Å²) >= 11 is 0. The Balaban J connectivity index is 3.25. The van der Waals surface area contributed by atoms with Crippen LogP contribution in [0.25, 0.3) is 0 Å². The molecule has 18 heavy (non-hydrogen) atoms. The number of benzene rings is 1. The largest absolute Gasteiger partial charge is 0.366 e. The zero-order valence-corrected chi connectivity index (χ0v) is 12.1. The Morgan fingerprint density at radius 1 is 1.17 bits per heavy atom. The molecule has 0 saturated carbocycles. The molecule has 0 aliphatic carbocycles. The van der Waals surface area contributed by atoms with Crippen molar-refractivity contribution in [1.29, 1.82) is 0 Å². The SMILES string of the molecule is CC(C)CN(c1c(F)cccc1[C@@H](C)N)C(C)C. The van der Waals surface area contributed by atoms with Crippen molar-refractivity contribution in [2.24, 2.45) is 11.7 Å². The lowest BCUT2D eigenvalue weighted by molar-refractivity contribution is 0.545. The highest BCUT2D eigenvalue weighted by molar-refractivity contribution is 5.56. The van der Waals surface area contributed by atoms with Gasteiger partial charge < -0.3 is 10.6 Å². The monoisotopic (exact) mass is 252 g/mol. The molecule has 0 fully saturated rings. The van der Waals surface area contributed by atoms with Crippen LogP contribution in [0.3, 0.4) is 0 Å². The molecule has 1 atom stereocenters. The minimum atomic E-state index is -0.181. The Morgan fingerprint density at radius 3 is 2.22 bits per heavy atom. The molecule has 102 valence electrons. The molecule has 0 saturated heterocycles. The van der Waals surface area contributed by atoms with Gasteiger partial charge in [-0.3, -0.25) is 0 Å². The molecule has 0 spiro atoms. The lowest BCUT2D eigenvalue weighted by Crippen LogP contribution is -2.36. The molecule has 0 bridgehead atoms. The van der Waals surface area contributed by atoms with Gasteiger partial charge in [-0.2, -0.15) is 0 Å². The maximum Gasteiger partial charge on any atom is 0.146 e. The van der Waals surface area contributed by atoms with Gasteiger partial charge in [-0.1, -0.05) is 26.0 Å². The third kappa shape index (κ3) is 3.45. The second-order valence-corrected chi connectivity index (χ2v) is 5.61. The van der Waals surface area contributed by atoms with Gasteiger partial charge >= 0.3 is 0 Å². The van der Waals surface area contributed by atoms with Crippen LogP contribution in [-0.4, -0.2) is 12.6 Å². The quantitative estimate of drug-likeness (QED) is 0.865. The van der Waals surface area contributed by atoms with E-state index in [2.05, 4.69) is 32.6 Å². The van der Waals surface area contributed by atoms with Crippen molar-refractivity contribution in [3.8, 4) is 0 Å². The van der Waals surface area contributed by atoms with E-state index in [-0.39, 0.29) is 17.9 Å². The van der Waals surface area contributed by atoms with E-state index in [0.29, 0.717) is 11.6 Å². The van der Waals surface area contributed by atoms with Crippen LogP contribution in [0.15, 0.2) is 18.2 Å². The minimum absolute atomic E-state index is 0.163. The Kier molecular flexibility index (Phi) is 5.15. The zero-order valence-electron chi connectivity index (χ0n) is 12.1. The number of hydrogen-bond acceptors (Lipinski definition) is 2. The molecular weight excluding hydrogens is 227 g/mol. The Bertz CT molecular complexity index is 386. The molecule has 0 aliphatic heterocycles. The smallest absolute Gasteiger partial charge is 0.146 e. The van der Waals surface area contributed by atoms with Gasteiger partial charge in [0.2, 0.25) is 0 Å². The predicted molar refractivity (Wildman–Crippen MR) is 76.3 cm³/mol. The summed E-state index contributed by atoms with van der Waals surface area (Å²) in [5.41, 5.74) is 7.50. The van der Waals surface area contributed by atoms with Crippen LogP contribution in [0.4, 0.5) is 10.1 Å². The lowest BCUT2D eigenvalue weighted by atomic mass is 10.0. The van der Waals surface area contributed by atoms with E-state index in [1.807, 2.05) is 13.0 Å². The maximum atomic E-state index is 14.2. The van der Waals surface area contributed by atoms with E-state index in [9.17, 15) is 4.39 Å². The van der Waals surface area contributed by atoms with Crippen LogP contribution in [0.5, 0.6) is 0 Å². The van der Waals surface area contributed by atoms with E-state index in [4.69, 9.17) is 5.73 Å². The van der Waals surface area contributed by atoms with Gasteiger partial charge in [0, 0.05) is 18.6 Å². The molecule has 1 aromatic rings. The fourth-order valence-electron chi connectivity index (χ4n) is 2.16. The molecule has 2 N–H and O–H groups in total. The fraction of sp³-hybridized carbons (Fsp3) is 0.600. The van der Waals surface area contributed by atoms with Gasteiger partial charge in [0.15, 0.2) is 0 Å². The third-order valence-corrected chi connectivity index (χ3v) is 2.98. The van der Waals surface area contributed by atoms with E-state index >= 15 is 0 Å². The van der Waals surface area contributed by atoms with Crippen molar-refractivity contribution in [1.82, 2.24) is 0 Å². The number of hydrogen-bond donors (Lipinski definition) is 1. The van der Waals surface area contributed by atoms with Crippen LogP contribution in [0.2, 0.25) is 0 Å². The summed E-state index contributed by atoms with van der Waals surface area (Å²) in [6.45, 7) is 11.2. The Labute approximate surface area is 110 Å². The first-order chi connectivity index (χ1) is 8.34. The van der Waals surface area contributed by atoms with Gasteiger partial charge in [0.25, 0.3) is 0 Å². The van der Waals surface area contributed by atoms with Gasteiger partial charge in [-0.05, 0) is 38.3 Å². The molecule has 0 unspecified atom stereocenters. The van der Waals surface area contributed by atoms with Crippen LogP contribution < -0.4 is 10.6 Å². The number of para-hydroxylation sites is 1. The summed E-state index contributed by atoms with van der Waals surface area (Å²) in [5, 5.41) is 0. The number of halogens is 1. The molecule has 0 radical (unpaired) electrons. The molecular formula is C15H25FN2. The molecule has 3 heteroatoms. The van der Waals surface area contributed by atoms with Gasteiger partial charge in [0.1, 0.15) is 5.82 Å². The molecule has 1 rings (SSSR count). The molecule has 2 nitrogen and oxygen atoms in total. The summed E-state index contributed by atoms with van der Waals surface area (Å²) in [4.78, 5) is 2.11. The fourth-order valence-corrected chi connectivity index (χ4v) is 2.16. The molecule has 0 aromatic heterocycles. The van der Waals surface area contributed by atoms with Crippen LogP contribution in [-0.2, 0) is 0 Å². The minimum Gasteiger partial charge on any atom is -0.366 e. The average molecular weight is 252 g/mol. The average Bonchev–Trinajstić information content (AvgIpc) is 2.25. The van der Waals surface area contributed by atoms with Crippen molar-refractivity contribution in [2.45, 2.75) is 46.7 Å². The van der Waals surface area contributed by atoms with E-state index in [1.165, 1.54) is 6.07 Å². The highest BCUT2D eigenvalue weighted by atomic mass is 19.1. The van der Waals surface area contributed by atoms with E-state index < -0.39 is 0 Å². The Hall–Kier alpha value is -1.09. The zero-order chi connectivity index (χ0) is 13.9. The van der Waals surface area contributed by atoms with E-state index in [0.717, 1.165) is 12.1 Å². The molecule has 0 amide bonds. The van der Waals surface area contributed by atoms with Gasteiger partial charge in [-0.15, -0.1) is 0 Å². The highest BCUT2D eigenvalue weighted by Crippen LogP contribution is 2.30. The van der Waals surface area contributed by atoms with Crippen molar-refractivity contribution >= 4 is 5.69 Å². The first kappa shape index (κ1) is 15.0. The molecule has 0 heterocycles. The summed E-state index contributed by atoms with van der Waals surface area (Å²) in [6, 6.07) is 5.24. The normalized spacial score (nSPS) is 13.2. The van der Waals surface area contributed by atoms with Crippen LogP contribution >= 0.6 is 0 Å². The number of nitrogens with zero attached hydrogens (tertiary/aromatic N) is 1. The lowest BCUT2D eigenvalue weighted by Gasteiger charge is -2.33. The van der Waals surface area contributed by atoms with Crippen molar-refractivity contribution < 1.29 is 4.39 Å². The predicted octanol–water partition coefficient (Wildman–Crippen LogP) is 3.72.